The van der Waals surface area contributed by atoms with Crippen LogP contribution in [0.25, 0.3) is 0 Å². The van der Waals surface area contributed by atoms with Crippen molar-refractivity contribution in [1.29, 1.82) is 0 Å². The fraction of sp³-hybridized carbons (Fsp3) is 0.676. The summed E-state index contributed by atoms with van der Waals surface area (Å²) >= 11 is 0. The number of allylic oxidation sites excluding steroid dienone is 2. The van der Waals surface area contributed by atoms with Crippen molar-refractivity contribution >= 4 is 23.9 Å². The number of carbonyl (C=O) groups is 4. The molecule has 4 fully saturated rings. The van der Waals surface area contributed by atoms with E-state index in [9.17, 15) is 19.2 Å². The maximum absolute atomic E-state index is 13.9. The molecule has 0 aromatic carbocycles. The SMILES string of the molecule is CC=C(C)C(=O)O[C@@H]1[C@@H]2OC[C@]3(C)[C@H](OC(=O)C(C)C)C[C@H](OC(C)=O)[C@@](C)([C@@H]23)[C@H]2CC(=O)O[C@H]3C[C@@H](c4ccoc4)C(C)=C3[C@]12C. The second kappa shape index (κ2) is 11.6. The first-order valence-corrected chi connectivity index (χ1v) is 16.8. The van der Waals surface area contributed by atoms with Crippen LogP contribution in [-0.2, 0) is 42.9 Å². The third-order valence-corrected chi connectivity index (χ3v) is 12.4. The molecule has 0 N–H and O–H groups in total. The van der Waals surface area contributed by atoms with E-state index in [4.69, 9.17) is 28.1 Å². The Hall–Kier alpha value is -3.40. The Bertz CT molecular complexity index is 1520. The molecule has 3 heterocycles. The molecule has 3 aliphatic carbocycles. The Morgan fingerprint density at radius 2 is 1.77 bits per heavy atom. The number of fused-ring (bicyclic) bond motifs is 4. The molecule has 0 spiro atoms. The summed E-state index contributed by atoms with van der Waals surface area (Å²) in [5.74, 6) is -2.96. The molecule has 0 radical (unpaired) electrons. The van der Waals surface area contributed by atoms with Crippen LogP contribution < -0.4 is 0 Å². The lowest BCUT2D eigenvalue weighted by molar-refractivity contribution is -0.258. The van der Waals surface area contributed by atoms with E-state index in [0.29, 0.717) is 12.0 Å². The van der Waals surface area contributed by atoms with E-state index in [2.05, 4.69) is 20.8 Å². The highest BCUT2D eigenvalue weighted by atomic mass is 16.6. The second-order valence-electron chi connectivity index (χ2n) is 15.3. The second-order valence-corrected chi connectivity index (χ2v) is 15.3. The van der Waals surface area contributed by atoms with E-state index in [1.807, 2.05) is 13.0 Å². The van der Waals surface area contributed by atoms with Crippen molar-refractivity contribution in [3.63, 3.8) is 0 Å². The maximum Gasteiger partial charge on any atom is 0.333 e. The minimum absolute atomic E-state index is 0.0286. The van der Waals surface area contributed by atoms with E-state index < -0.39 is 70.5 Å². The average molecular weight is 653 g/mol. The van der Waals surface area contributed by atoms with Gasteiger partial charge in [0.2, 0.25) is 0 Å². The molecular formula is C37H48O10. The Morgan fingerprint density at radius 3 is 2.38 bits per heavy atom. The summed E-state index contributed by atoms with van der Waals surface area (Å²) in [4.78, 5) is 53.4. The van der Waals surface area contributed by atoms with Crippen LogP contribution in [0.1, 0.15) is 93.1 Å². The number of ether oxygens (including phenoxy) is 5. The van der Waals surface area contributed by atoms with Gasteiger partial charge in [-0.3, -0.25) is 14.4 Å². The molecule has 2 saturated heterocycles. The highest BCUT2D eigenvalue weighted by Crippen LogP contribution is 2.72. The van der Waals surface area contributed by atoms with Crippen molar-refractivity contribution in [2.75, 3.05) is 6.61 Å². The standard InChI is InChI=1S/C37H48O10/c1-10-19(4)34(41)47-32-30-31-35(7,17-43-30)26(46-33(40)18(2)3)15-27(44-21(6)38)36(31,8)25-14-28(39)45-24-13-23(22-11-12-42-16-22)20(5)29(24)37(25,32)9/h10-12,16,18,23-27,30-32H,13-15,17H2,1-9H3/t23-,24+,25-,26-,27+,30-,31+,32-,35-,36+,37-/m1/s1. The minimum Gasteiger partial charge on any atom is -0.472 e. The molecule has 0 amide bonds. The van der Waals surface area contributed by atoms with Crippen molar-refractivity contribution < 1.29 is 47.3 Å². The van der Waals surface area contributed by atoms with Crippen molar-refractivity contribution in [2.24, 2.45) is 34.0 Å². The predicted molar refractivity (Wildman–Crippen MR) is 169 cm³/mol. The van der Waals surface area contributed by atoms with E-state index in [1.54, 1.807) is 46.3 Å². The van der Waals surface area contributed by atoms with Crippen LogP contribution >= 0.6 is 0 Å². The first-order valence-electron chi connectivity index (χ1n) is 16.8. The zero-order valence-corrected chi connectivity index (χ0v) is 28.9. The normalized spacial score (nSPS) is 41.0. The maximum atomic E-state index is 13.9. The van der Waals surface area contributed by atoms with Crippen LogP contribution in [0.3, 0.4) is 0 Å². The van der Waals surface area contributed by atoms with Crippen LogP contribution in [0.15, 0.2) is 45.8 Å². The van der Waals surface area contributed by atoms with E-state index in [-0.39, 0.29) is 43.2 Å². The van der Waals surface area contributed by atoms with Crippen molar-refractivity contribution in [2.45, 2.75) is 118 Å². The summed E-state index contributed by atoms with van der Waals surface area (Å²) in [5.41, 5.74) is 0.851. The minimum atomic E-state index is -0.954. The topological polar surface area (TPSA) is 128 Å². The fourth-order valence-electron chi connectivity index (χ4n) is 10.2. The summed E-state index contributed by atoms with van der Waals surface area (Å²) in [6.07, 6.45) is 2.50. The number of carbonyl (C=O) groups excluding carboxylic acids is 4. The molecule has 1 aromatic rings. The van der Waals surface area contributed by atoms with Gasteiger partial charge < -0.3 is 28.1 Å². The van der Waals surface area contributed by atoms with Crippen molar-refractivity contribution in [1.82, 2.24) is 0 Å². The van der Waals surface area contributed by atoms with Gasteiger partial charge in [0.05, 0.1) is 31.2 Å². The summed E-state index contributed by atoms with van der Waals surface area (Å²) in [7, 11) is 0. The summed E-state index contributed by atoms with van der Waals surface area (Å²) in [6.45, 7) is 16.9. The van der Waals surface area contributed by atoms with Crippen LogP contribution in [-0.4, -0.2) is 61.0 Å². The number of esters is 4. The third kappa shape index (κ3) is 4.91. The smallest absolute Gasteiger partial charge is 0.333 e. The van der Waals surface area contributed by atoms with E-state index in [1.165, 1.54) is 6.92 Å². The molecule has 256 valence electrons. The van der Waals surface area contributed by atoms with Crippen LogP contribution in [0.4, 0.5) is 0 Å². The van der Waals surface area contributed by atoms with Crippen molar-refractivity contribution in [3.05, 3.63) is 47.0 Å². The highest BCUT2D eigenvalue weighted by Gasteiger charge is 2.78. The lowest BCUT2D eigenvalue weighted by Gasteiger charge is -2.66. The fourth-order valence-corrected chi connectivity index (χ4v) is 10.2. The summed E-state index contributed by atoms with van der Waals surface area (Å²) in [6, 6.07) is 1.93. The molecule has 10 nitrogen and oxygen atoms in total. The van der Waals surface area contributed by atoms with Gasteiger partial charge in [-0.25, -0.2) is 4.79 Å². The molecule has 47 heavy (non-hydrogen) atoms. The number of rotatable bonds is 6. The molecule has 6 rings (SSSR count). The largest absolute Gasteiger partial charge is 0.472 e. The van der Waals surface area contributed by atoms with Gasteiger partial charge in [0, 0.05) is 53.4 Å². The average Bonchev–Trinajstić information content (AvgIpc) is 3.72. The molecule has 2 aliphatic heterocycles. The first-order chi connectivity index (χ1) is 22.1. The van der Waals surface area contributed by atoms with Crippen LogP contribution in [0.5, 0.6) is 0 Å². The highest BCUT2D eigenvalue weighted by molar-refractivity contribution is 5.88. The molecule has 5 aliphatic rings. The molecule has 0 bridgehead atoms. The van der Waals surface area contributed by atoms with Gasteiger partial charge in [0.1, 0.15) is 24.4 Å². The quantitative estimate of drug-likeness (QED) is 0.160. The molecule has 2 saturated carbocycles. The Kier molecular flexibility index (Phi) is 8.29. The molecule has 10 heteroatoms. The van der Waals surface area contributed by atoms with Gasteiger partial charge in [-0.15, -0.1) is 0 Å². The molecule has 0 unspecified atom stereocenters. The van der Waals surface area contributed by atoms with Gasteiger partial charge in [0.25, 0.3) is 0 Å². The van der Waals surface area contributed by atoms with Gasteiger partial charge in [-0.1, -0.05) is 46.3 Å². The van der Waals surface area contributed by atoms with E-state index >= 15 is 0 Å². The number of hydrogen-bond acceptors (Lipinski definition) is 10. The third-order valence-electron chi connectivity index (χ3n) is 12.4. The lowest BCUT2D eigenvalue weighted by Crippen LogP contribution is -2.72. The zero-order valence-electron chi connectivity index (χ0n) is 28.9. The molecule has 11 atom stereocenters. The Balaban J connectivity index is 1.59. The van der Waals surface area contributed by atoms with Crippen LogP contribution in [0, 0.1) is 34.0 Å². The predicted octanol–water partition coefficient (Wildman–Crippen LogP) is 5.84. The van der Waals surface area contributed by atoms with Gasteiger partial charge in [-0.05, 0) is 50.3 Å². The molecular weight excluding hydrogens is 604 g/mol. The summed E-state index contributed by atoms with van der Waals surface area (Å²) in [5, 5.41) is 0. The monoisotopic (exact) mass is 652 g/mol. The van der Waals surface area contributed by atoms with Gasteiger partial charge in [0.15, 0.2) is 0 Å². The number of furan rings is 1. The zero-order chi connectivity index (χ0) is 34.2. The van der Waals surface area contributed by atoms with Crippen LogP contribution in [0.2, 0.25) is 0 Å². The lowest BCUT2D eigenvalue weighted by atomic mass is 9.39. The van der Waals surface area contributed by atoms with Gasteiger partial charge in [-0.2, -0.15) is 0 Å². The van der Waals surface area contributed by atoms with Gasteiger partial charge >= 0.3 is 23.9 Å². The first kappa shape index (κ1) is 33.5. The number of hydrogen-bond donors (Lipinski definition) is 0. The Labute approximate surface area is 276 Å². The van der Waals surface area contributed by atoms with E-state index in [0.717, 1.165) is 16.7 Å². The molecule has 1 aromatic heterocycles. The van der Waals surface area contributed by atoms with Crippen molar-refractivity contribution in [3.8, 4) is 0 Å². The Morgan fingerprint density at radius 1 is 1.04 bits per heavy atom. The summed E-state index contributed by atoms with van der Waals surface area (Å²) < 4.78 is 37.4.